The Bertz CT molecular complexity index is 629. The molecular weight excluding hydrogens is 288 g/mol. The molecule has 2 rings (SSSR count). The maximum absolute atomic E-state index is 6.07. The molecule has 2 aromatic carbocycles. The smallest absolute Gasteiger partial charge is 0.161 e. The van der Waals surface area contributed by atoms with Crippen molar-refractivity contribution in [1.82, 2.24) is 5.43 Å². The monoisotopic (exact) mass is 304 g/mol. The summed E-state index contributed by atoms with van der Waals surface area (Å²) >= 11 is 6.07. The first-order valence-electron chi connectivity index (χ1n) is 6.46. The number of hydrogen-bond acceptors (Lipinski definition) is 4. The van der Waals surface area contributed by atoms with Crippen LogP contribution in [0.15, 0.2) is 47.6 Å². The van der Waals surface area contributed by atoms with Gasteiger partial charge in [-0.15, -0.1) is 0 Å². The molecule has 2 aromatic rings. The number of methoxy groups -OCH3 is 2. The molecule has 0 saturated carbocycles. The van der Waals surface area contributed by atoms with Gasteiger partial charge < -0.3 is 14.9 Å². The van der Waals surface area contributed by atoms with Crippen LogP contribution in [0.2, 0.25) is 5.02 Å². The van der Waals surface area contributed by atoms with Crippen molar-refractivity contribution >= 4 is 17.8 Å². The molecule has 0 spiro atoms. The quantitative estimate of drug-likeness (QED) is 0.656. The summed E-state index contributed by atoms with van der Waals surface area (Å²) in [6.07, 6.45) is 1.72. The Morgan fingerprint density at radius 2 is 1.86 bits per heavy atom. The second-order valence-corrected chi connectivity index (χ2v) is 4.71. The molecule has 21 heavy (non-hydrogen) atoms. The number of halogens is 1. The molecule has 0 aromatic heterocycles. The predicted octanol–water partition coefficient (Wildman–Crippen LogP) is 3.48. The summed E-state index contributed by atoms with van der Waals surface area (Å²) in [6, 6.07) is 13.3. The van der Waals surface area contributed by atoms with Crippen molar-refractivity contribution in [2.75, 3.05) is 14.2 Å². The summed E-state index contributed by atoms with van der Waals surface area (Å²) in [5.41, 5.74) is 4.89. The molecule has 0 unspecified atom stereocenters. The van der Waals surface area contributed by atoms with Gasteiger partial charge in [0.1, 0.15) is 0 Å². The van der Waals surface area contributed by atoms with Crippen LogP contribution in [0, 0.1) is 0 Å². The molecule has 0 fully saturated rings. The van der Waals surface area contributed by atoms with E-state index in [9.17, 15) is 0 Å². The van der Waals surface area contributed by atoms with E-state index in [1.54, 1.807) is 20.4 Å². The van der Waals surface area contributed by atoms with Gasteiger partial charge in [-0.3, -0.25) is 0 Å². The summed E-state index contributed by atoms with van der Waals surface area (Å²) in [6.45, 7) is 0.573. The van der Waals surface area contributed by atoms with Crippen LogP contribution in [-0.2, 0) is 6.54 Å². The van der Waals surface area contributed by atoms with E-state index in [2.05, 4.69) is 10.5 Å². The van der Waals surface area contributed by atoms with Crippen molar-refractivity contribution in [3.63, 3.8) is 0 Å². The highest BCUT2D eigenvalue weighted by atomic mass is 35.5. The van der Waals surface area contributed by atoms with E-state index in [-0.39, 0.29) is 0 Å². The highest BCUT2D eigenvalue weighted by Crippen LogP contribution is 2.26. The molecule has 1 N–H and O–H groups in total. The normalized spacial score (nSPS) is 10.6. The molecule has 0 bridgehead atoms. The standard InChI is InChI=1S/C16H17ClN2O2/c1-20-15-8-7-12(9-16(15)21-2)10-18-19-11-13-5-3-4-6-14(13)17/h3-10,19H,11H2,1-2H3/b18-10-. The molecule has 4 nitrogen and oxygen atoms in total. The van der Waals surface area contributed by atoms with Crippen LogP contribution >= 0.6 is 11.6 Å². The zero-order valence-corrected chi connectivity index (χ0v) is 12.7. The van der Waals surface area contributed by atoms with Crippen LogP contribution in [-0.4, -0.2) is 20.4 Å². The Kier molecular flexibility index (Phi) is 5.46. The molecule has 5 heteroatoms. The third-order valence-electron chi connectivity index (χ3n) is 2.94. The fourth-order valence-corrected chi connectivity index (χ4v) is 2.03. The van der Waals surface area contributed by atoms with Gasteiger partial charge in [0, 0.05) is 5.02 Å². The summed E-state index contributed by atoms with van der Waals surface area (Å²) in [5.74, 6) is 1.37. The predicted molar refractivity (Wildman–Crippen MR) is 85.4 cm³/mol. The Labute approximate surface area is 129 Å². The number of hydrazone groups is 1. The molecule has 110 valence electrons. The molecule has 0 atom stereocenters. The van der Waals surface area contributed by atoms with Gasteiger partial charge in [0.2, 0.25) is 0 Å². The minimum absolute atomic E-state index is 0.573. The average Bonchev–Trinajstić information content (AvgIpc) is 2.52. The van der Waals surface area contributed by atoms with E-state index in [0.717, 1.165) is 16.1 Å². The number of benzene rings is 2. The first-order chi connectivity index (χ1) is 10.2. The second-order valence-electron chi connectivity index (χ2n) is 4.30. The van der Waals surface area contributed by atoms with E-state index < -0.39 is 0 Å². The number of nitrogens with one attached hydrogen (secondary N) is 1. The Morgan fingerprint density at radius 3 is 2.57 bits per heavy atom. The van der Waals surface area contributed by atoms with E-state index in [1.165, 1.54) is 0 Å². The van der Waals surface area contributed by atoms with Crippen molar-refractivity contribution in [2.24, 2.45) is 5.10 Å². The van der Waals surface area contributed by atoms with Crippen LogP contribution in [0.4, 0.5) is 0 Å². The van der Waals surface area contributed by atoms with Gasteiger partial charge >= 0.3 is 0 Å². The largest absolute Gasteiger partial charge is 0.493 e. The van der Waals surface area contributed by atoms with Crippen LogP contribution in [0.1, 0.15) is 11.1 Å². The Hall–Kier alpha value is -2.20. The first-order valence-corrected chi connectivity index (χ1v) is 6.83. The molecular formula is C16H17ClN2O2. The van der Waals surface area contributed by atoms with Gasteiger partial charge in [0.15, 0.2) is 11.5 Å². The summed E-state index contributed by atoms with van der Waals surface area (Å²) < 4.78 is 10.4. The zero-order chi connectivity index (χ0) is 15.1. The van der Waals surface area contributed by atoms with Crippen LogP contribution in [0.3, 0.4) is 0 Å². The molecule has 0 saturated heterocycles. The van der Waals surface area contributed by atoms with E-state index in [4.69, 9.17) is 21.1 Å². The van der Waals surface area contributed by atoms with Crippen molar-refractivity contribution in [3.05, 3.63) is 58.6 Å². The van der Waals surface area contributed by atoms with Crippen LogP contribution < -0.4 is 14.9 Å². The average molecular weight is 305 g/mol. The van der Waals surface area contributed by atoms with Crippen LogP contribution in [0.5, 0.6) is 11.5 Å². The third kappa shape index (κ3) is 4.13. The third-order valence-corrected chi connectivity index (χ3v) is 3.31. The van der Waals surface area contributed by atoms with Crippen molar-refractivity contribution in [2.45, 2.75) is 6.54 Å². The van der Waals surface area contributed by atoms with E-state index in [0.29, 0.717) is 18.0 Å². The lowest BCUT2D eigenvalue weighted by Crippen LogP contribution is -2.06. The van der Waals surface area contributed by atoms with Crippen LogP contribution in [0.25, 0.3) is 0 Å². The van der Waals surface area contributed by atoms with E-state index in [1.807, 2.05) is 42.5 Å². The van der Waals surface area contributed by atoms with Gasteiger partial charge in [0.25, 0.3) is 0 Å². The SMILES string of the molecule is COc1ccc(/C=N\NCc2ccccc2Cl)cc1OC. The topological polar surface area (TPSA) is 42.8 Å². The highest BCUT2D eigenvalue weighted by molar-refractivity contribution is 6.31. The Morgan fingerprint density at radius 1 is 1.10 bits per heavy atom. The van der Waals surface area contributed by atoms with Crippen molar-refractivity contribution in [3.8, 4) is 11.5 Å². The lowest BCUT2D eigenvalue weighted by molar-refractivity contribution is 0.355. The molecule has 0 amide bonds. The first kappa shape index (κ1) is 15.2. The lowest BCUT2D eigenvalue weighted by Gasteiger charge is -2.07. The highest BCUT2D eigenvalue weighted by Gasteiger charge is 2.02. The van der Waals surface area contributed by atoms with E-state index >= 15 is 0 Å². The number of nitrogens with zero attached hydrogens (tertiary/aromatic N) is 1. The minimum Gasteiger partial charge on any atom is -0.493 e. The fraction of sp³-hybridized carbons (Fsp3) is 0.188. The summed E-state index contributed by atoms with van der Waals surface area (Å²) in [5, 5.41) is 4.91. The van der Waals surface area contributed by atoms with Crippen molar-refractivity contribution in [1.29, 1.82) is 0 Å². The maximum atomic E-state index is 6.07. The molecule has 0 aliphatic carbocycles. The molecule has 0 aliphatic rings. The molecule has 0 radical (unpaired) electrons. The van der Waals surface area contributed by atoms with Gasteiger partial charge in [-0.1, -0.05) is 29.8 Å². The van der Waals surface area contributed by atoms with Gasteiger partial charge in [-0.25, -0.2) is 0 Å². The number of rotatable bonds is 6. The molecule has 0 aliphatic heterocycles. The lowest BCUT2D eigenvalue weighted by atomic mass is 10.2. The maximum Gasteiger partial charge on any atom is 0.161 e. The van der Waals surface area contributed by atoms with Gasteiger partial charge in [0.05, 0.1) is 27.0 Å². The number of ether oxygens (including phenoxy) is 2. The summed E-state index contributed by atoms with van der Waals surface area (Å²) in [7, 11) is 3.21. The summed E-state index contributed by atoms with van der Waals surface area (Å²) in [4.78, 5) is 0. The molecule has 0 heterocycles. The fourth-order valence-electron chi connectivity index (χ4n) is 1.83. The van der Waals surface area contributed by atoms with Gasteiger partial charge in [-0.2, -0.15) is 5.10 Å². The Balaban J connectivity index is 1.97. The minimum atomic E-state index is 0.573. The zero-order valence-electron chi connectivity index (χ0n) is 12.0. The van der Waals surface area contributed by atoms with Crippen molar-refractivity contribution < 1.29 is 9.47 Å². The second kappa shape index (κ2) is 7.55. The number of hydrogen-bond donors (Lipinski definition) is 1. The van der Waals surface area contributed by atoms with Gasteiger partial charge in [-0.05, 0) is 35.4 Å².